The predicted molar refractivity (Wildman–Crippen MR) is 120 cm³/mol. The van der Waals surface area contributed by atoms with Gasteiger partial charge in [0.05, 0.1) is 29.2 Å². The number of thiazole rings is 1. The highest BCUT2D eigenvalue weighted by Crippen LogP contribution is 2.32. The third-order valence-electron chi connectivity index (χ3n) is 4.91. The van der Waals surface area contributed by atoms with E-state index in [1.54, 1.807) is 24.6 Å². The number of sulfonamides is 1. The summed E-state index contributed by atoms with van der Waals surface area (Å²) in [6.45, 7) is 6.61. The van der Waals surface area contributed by atoms with E-state index in [0.29, 0.717) is 13.1 Å². The smallest absolute Gasteiger partial charge is 0.211 e. The highest BCUT2D eigenvalue weighted by atomic mass is 32.2. The predicted octanol–water partition coefficient (Wildman–Crippen LogP) is 3.26. The minimum absolute atomic E-state index is 0.182. The second kappa shape index (κ2) is 9.06. The number of fused-ring (bicyclic) bond motifs is 1. The largest absolute Gasteiger partial charge is 0.497 e. The summed E-state index contributed by atoms with van der Waals surface area (Å²) in [7, 11) is -1.50. The van der Waals surface area contributed by atoms with Crippen molar-refractivity contribution in [1.82, 2.24) is 14.6 Å². The zero-order chi connectivity index (χ0) is 21.0. The summed E-state index contributed by atoms with van der Waals surface area (Å²) >= 11 is 1.58. The van der Waals surface area contributed by atoms with Crippen LogP contribution < -0.4 is 10.1 Å². The molecule has 3 rings (SSSR count). The Balaban J connectivity index is 1.81. The molecule has 9 heteroatoms. The average Bonchev–Trinajstić information content (AvgIpc) is 3.13. The van der Waals surface area contributed by atoms with Gasteiger partial charge in [-0.2, -0.15) is 0 Å². The summed E-state index contributed by atoms with van der Waals surface area (Å²) in [4.78, 5) is 8.74. The van der Waals surface area contributed by atoms with Gasteiger partial charge in [0.15, 0.2) is 0 Å². The Hall–Kier alpha value is -2.23. The Morgan fingerprint density at radius 2 is 2.14 bits per heavy atom. The molecule has 29 heavy (non-hydrogen) atoms. The van der Waals surface area contributed by atoms with E-state index in [2.05, 4.69) is 17.0 Å². The lowest BCUT2D eigenvalue weighted by atomic mass is 10.0. The summed E-state index contributed by atoms with van der Waals surface area (Å²) in [6.07, 6.45) is 6.46. The summed E-state index contributed by atoms with van der Waals surface area (Å²) < 4.78 is 31.3. The van der Waals surface area contributed by atoms with Crippen molar-refractivity contribution in [2.75, 3.05) is 26.5 Å². The molecule has 1 N–H and O–H groups in total. The van der Waals surface area contributed by atoms with Crippen LogP contribution in [0.3, 0.4) is 0 Å². The third kappa shape index (κ3) is 5.04. The molecule has 1 aromatic heterocycles. The fourth-order valence-corrected chi connectivity index (χ4v) is 5.19. The van der Waals surface area contributed by atoms with Gasteiger partial charge in [0.1, 0.15) is 10.8 Å². The lowest BCUT2D eigenvalue weighted by Crippen LogP contribution is -2.44. The molecule has 1 aliphatic rings. The van der Waals surface area contributed by atoms with Crippen molar-refractivity contribution in [3.05, 3.63) is 41.2 Å². The molecule has 0 bridgehead atoms. The van der Waals surface area contributed by atoms with Crippen LogP contribution in [0.1, 0.15) is 24.8 Å². The maximum Gasteiger partial charge on any atom is 0.211 e. The van der Waals surface area contributed by atoms with Crippen LogP contribution in [-0.2, 0) is 10.0 Å². The van der Waals surface area contributed by atoms with Crippen molar-refractivity contribution in [2.24, 2.45) is 4.99 Å². The molecular formula is C20H26N4O3S2. The molecule has 1 fully saturated rings. The van der Waals surface area contributed by atoms with Gasteiger partial charge in [0.25, 0.3) is 0 Å². The first-order valence-corrected chi connectivity index (χ1v) is 12.0. The second-order valence-electron chi connectivity index (χ2n) is 6.86. The number of aliphatic imine (C=N–C) groups is 1. The van der Waals surface area contributed by atoms with Crippen LogP contribution >= 0.6 is 11.3 Å². The monoisotopic (exact) mass is 434 g/mol. The maximum absolute atomic E-state index is 11.7. The SMILES string of the molecule is C=N/C=C(\C(=C/C)NC1CCN(S(C)(=O)=O)CC1)c1nc2cc(OC)ccc2s1. The number of piperidine rings is 1. The van der Waals surface area contributed by atoms with E-state index < -0.39 is 10.0 Å². The molecule has 2 heterocycles. The second-order valence-corrected chi connectivity index (χ2v) is 9.87. The molecule has 0 amide bonds. The van der Waals surface area contributed by atoms with Crippen molar-refractivity contribution in [2.45, 2.75) is 25.8 Å². The fraction of sp³-hybridized carbons (Fsp3) is 0.400. The van der Waals surface area contributed by atoms with Gasteiger partial charge in [-0.15, -0.1) is 11.3 Å². The van der Waals surface area contributed by atoms with Gasteiger partial charge in [-0.25, -0.2) is 17.7 Å². The van der Waals surface area contributed by atoms with Crippen molar-refractivity contribution < 1.29 is 13.2 Å². The molecule has 0 atom stereocenters. The number of hydrogen-bond donors (Lipinski definition) is 1. The Morgan fingerprint density at radius 3 is 2.72 bits per heavy atom. The van der Waals surface area contributed by atoms with E-state index in [4.69, 9.17) is 9.72 Å². The number of ether oxygens (including phenoxy) is 1. The van der Waals surface area contributed by atoms with Crippen molar-refractivity contribution in [3.8, 4) is 5.75 Å². The number of methoxy groups -OCH3 is 1. The molecule has 0 saturated carbocycles. The Kier molecular flexibility index (Phi) is 6.71. The number of rotatable bonds is 7. The van der Waals surface area contributed by atoms with Crippen LogP contribution in [0.2, 0.25) is 0 Å². The maximum atomic E-state index is 11.7. The van der Waals surface area contributed by atoms with Gasteiger partial charge in [0, 0.05) is 37.1 Å². The number of nitrogens with one attached hydrogen (secondary N) is 1. The zero-order valence-corrected chi connectivity index (χ0v) is 18.5. The molecular weight excluding hydrogens is 408 g/mol. The number of aromatic nitrogens is 1. The Morgan fingerprint density at radius 1 is 1.41 bits per heavy atom. The summed E-state index contributed by atoms with van der Waals surface area (Å²) in [5.41, 5.74) is 2.66. The third-order valence-corrected chi connectivity index (χ3v) is 7.28. The molecule has 1 saturated heterocycles. The first kappa shape index (κ1) is 21.5. The lowest BCUT2D eigenvalue weighted by molar-refractivity contribution is 0.303. The topological polar surface area (TPSA) is 83.9 Å². The quantitative estimate of drug-likeness (QED) is 0.534. The lowest BCUT2D eigenvalue weighted by Gasteiger charge is -2.32. The normalized spacial score (nSPS) is 17.5. The van der Waals surface area contributed by atoms with Gasteiger partial charge in [0.2, 0.25) is 10.0 Å². The van der Waals surface area contributed by atoms with Crippen LogP contribution in [-0.4, -0.2) is 56.9 Å². The molecule has 156 valence electrons. The highest BCUT2D eigenvalue weighted by molar-refractivity contribution is 7.88. The van der Waals surface area contributed by atoms with E-state index in [1.165, 1.54) is 10.6 Å². The van der Waals surface area contributed by atoms with Crippen LogP contribution in [0.15, 0.2) is 41.2 Å². The minimum atomic E-state index is -3.13. The first-order chi connectivity index (χ1) is 13.9. The highest BCUT2D eigenvalue weighted by Gasteiger charge is 2.26. The molecule has 0 aliphatic carbocycles. The van der Waals surface area contributed by atoms with E-state index in [0.717, 1.165) is 45.1 Å². The number of benzene rings is 1. The summed E-state index contributed by atoms with van der Waals surface area (Å²) in [5.74, 6) is 0.767. The van der Waals surface area contributed by atoms with E-state index in [-0.39, 0.29) is 6.04 Å². The van der Waals surface area contributed by atoms with E-state index in [9.17, 15) is 8.42 Å². The van der Waals surface area contributed by atoms with E-state index in [1.807, 2.05) is 31.2 Å². The number of nitrogens with zero attached hydrogens (tertiary/aromatic N) is 3. The van der Waals surface area contributed by atoms with Crippen molar-refractivity contribution >= 4 is 43.9 Å². The Labute approximate surface area is 175 Å². The van der Waals surface area contributed by atoms with Crippen LogP contribution in [0.5, 0.6) is 5.75 Å². The molecule has 0 unspecified atom stereocenters. The van der Waals surface area contributed by atoms with Crippen molar-refractivity contribution in [3.63, 3.8) is 0 Å². The number of hydrogen-bond acceptors (Lipinski definition) is 7. The minimum Gasteiger partial charge on any atom is -0.497 e. The van der Waals surface area contributed by atoms with Crippen LogP contribution in [0, 0.1) is 0 Å². The Bertz CT molecular complexity index is 1050. The van der Waals surface area contributed by atoms with Gasteiger partial charge in [-0.05, 0) is 38.6 Å². The first-order valence-electron chi connectivity index (χ1n) is 9.35. The molecule has 1 aliphatic heterocycles. The van der Waals surface area contributed by atoms with E-state index >= 15 is 0 Å². The molecule has 0 radical (unpaired) electrons. The summed E-state index contributed by atoms with van der Waals surface area (Å²) in [6, 6.07) is 6.02. The van der Waals surface area contributed by atoms with Crippen molar-refractivity contribution in [1.29, 1.82) is 0 Å². The van der Waals surface area contributed by atoms with Gasteiger partial charge in [-0.1, -0.05) is 6.08 Å². The average molecular weight is 435 g/mol. The molecule has 1 aromatic carbocycles. The van der Waals surface area contributed by atoms with Crippen LogP contribution in [0.25, 0.3) is 15.8 Å². The van der Waals surface area contributed by atoms with Gasteiger partial charge < -0.3 is 10.1 Å². The van der Waals surface area contributed by atoms with Crippen LogP contribution in [0.4, 0.5) is 0 Å². The molecule has 7 nitrogen and oxygen atoms in total. The molecule has 2 aromatic rings. The zero-order valence-electron chi connectivity index (χ0n) is 16.9. The number of allylic oxidation sites excluding steroid dienone is 2. The fourth-order valence-electron chi connectivity index (χ4n) is 3.35. The van der Waals surface area contributed by atoms with Gasteiger partial charge >= 0.3 is 0 Å². The van der Waals surface area contributed by atoms with Gasteiger partial charge in [-0.3, -0.25) is 4.99 Å². The molecule has 0 spiro atoms. The summed E-state index contributed by atoms with van der Waals surface area (Å²) in [5, 5.41) is 4.40. The standard InChI is InChI=1S/C20H26N4O3S2/c1-5-17(22-14-8-10-24(11-9-14)29(4,25)26)16(13-21-2)20-23-18-12-15(27-3)6-7-19(18)28-20/h5-7,12-14,22H,2,8-11H2,1,3-4H3/b16-13+,17-5+.